The van der Waals surface area contributed by atoms with Crippen molar-refractivity contribution in [2.75, 3.05) is 6.73 Å². The summed E-state index contributed by atoms with van der Waals surface area (Å²) in [6.45, 7) is 1.66. The van der Waals surface area contributed by atoms with Crippen molar-refractivity contribution in [3.63, 3.8) is 0 Å². The summed E-state index contributed by atoms with van der Waals surface area (Å²) in [6, 6.07) is 0. The third-order valence-corrected chi connectivity index (χ3v) is 2.34. The van der Waals surface area contributed by atoms with Gasteiger partial charge in [-0.2, -0.15) is 0 Å². The molecule has 54 valence electrons. The number of amides is 1. The molecule has 0 bridgehead atoms. The molecular weight excluding hydrogens is 233 g/mol. The first-order chi connectivity index (χ1) is 4.22. The number of alkyl halides is 1. The molecule has 4 heteroatoms. The summed E-state index contributed by atoms with van der Waals surface area (Å²) >= 11 is 2.03. The molecule has 0 aromatic rings. The minimum Gasteiger partial charge on any atom is -0.377 e. The van der Waals surface area contributed by atoms with Gasteiger partial charge in [0.05, 0.1) is 3.92 Å². The SMILES string of the molecule is CCC(I)C(=O)NCO. The fourth-order valence-electron chi connectivity index (χ4n) is 0.374. The molecule has 0 aliphatic heterocycles. The maximum Gasteiger partial charge on any atom is 0.234 e. The maximum atomic E-state index is 10.7. The highest BCUT2D eigenvalue weighted by Gasteiger charge is 2.09. The van der Waals surface area contributed by atoms with Crippen molar-refractivity contribution in [3.8, 4) is 0 Å². The molecule has 0 saturated carbocycles. The number of aliphatic hydroxyl groups is 1. The van der Waals surface area contributed by atoms with Crippen LogP contribution in [0.4, 0.5) is 0 Å². The van der Waals surface area contributed by atoms with E-state index in [9.17, 15) is 4.79 Å². The van der Waals surface area contributed by atoms with Crippen LogP contribution in [0.1, 0.15) is 13.3 Å². The van der Waals surface area contributed by atoms with Gasteiger partial charge in [-0.05, 0) is 6.42 Å². The lowest BCUT2D eigenvalue weighted by Crippen LogP contribution is -2.31. The zero-order chi connectivity index (χ0) is 7.28. The van der Waals surface area contributed by atoms with E-state index in [1.54, 1.807) is 0 Å². The van der Waals surface area contributed by atoms with Crippen LogP contribution in [0.3, 0.4) is 0 Å². The average Bonchev–Trinajstić information content (AvgIpc) is 1.87. The lowest BCUT2D eigenvalue weighted by Gasteiger charge is -2.04. The molecule has 0 aliphatic rings. The fourth-order valence-corrected chi connectivity index (χ4v) is 0.594. The van der Waals surface area contributed by atoms with Gasteiger partial charge < -0.3 is 10.4 Å². The Morgan fingerprint density at radius 2 is 2.44 bits per heavy atom. The Kier molecular flexibility index (Phi) is 5.07. The van der Waals surface area contributed by atoms with Gasteiger partial charge in [0, 0.05) is 0 Å². The molecule has 0 saturated heterocycles. The molecule has 1 unspecified atom stereocenters. The Balaban J connectivity index is 3.46. The van der Waals surface area contributed by atoms with E-state index < -0.39 is 0 Å². The molecular formula is C5H10INO2. The molecule has 0 aromatic carbocycles. The maximum absolute atomic E-state index is 10.7. The molecule has 1 amide bonds. The number of aliphatic hydroxyl groups excluding tert-OH is 1. The Bertz CT molecular complexity index is 97.0. The molecule has 0 spiro atoms. The van der Waals surface area contributed by atoms with Gasteiger partial charge in [0.25, 0.3) is 0 Å². The summed E-state index contributed by atoms with van der Waals surface area (Å²) in [6.07, 6.45) is 0.798. The van der Waals surface area contributed by atoms with Gasteiger partial charge in [0.2, 0.25) is 5.91 Å². The second-order valence-electron chi connectivity index (χ2n) is 1.57. The number of hydrogen-bond donors (Lipinski definition) is 2. The number of rotatable bonds is 3. The van der Waals surface area contributed by atoms with Gasteiger partial charge in [-0.3, -0.25) is 4.79 Å². The highest BCUT2D eigenvalue weighted by molar-refractivity contribution is 14.1. The topological polar surface area (TPSA) is 49.3 Å². The number of halogens is 1. The van der Waals surface area contributed by atoms with Gasteiger partial charge in [-0.25, -0.2) is 0 Å². The first-order valence-corrected chi connectivity index (χ1v) is 3.99. The minimum absolute atomic E-state index is 0.0188. The Morgan fingerprint density at radius 1 is 1.89 bits per heavy atom. The van der Waals surface area contributed by atoms with Gasteiger partial charge in [0.1, 0.15) is 6.73 Å². The van der Waals surface area contributed by atoms with Gasteiger partial charge in [-0.1, -0.05) is 29.5 Å². The Hall–Kier alpha value is 0.160. The smallest absolute Gasteiger partial charge is 0.234 e. The van der Waals surface area contributed by atoms with Crippen molar-refractivity contribution in [2.24, 2.45) is 0 Å². The summed E-state index contributed by atoms with van der Waals surface area (Å²) in [5.74, 6) is -0.0967. The van der Waals surface area contributed by atoms with Gasteiger partial charge >= 0.3 is 0 Å². The van der Waals surface area contributed by atoms with E-state index in [2.05, 4.69) is 5.32 Å². The molecule has 0 aliphatic carbocycles. The Labute approximate surface area is 68.0 Å². The minimum atomic E-state index is -0.266. The van der Waals surface area contributed by atoms with Crippen molar-refractivity contribution in [1.82, 2.24) is 5.32 Å². The highest BCUT2D eigenvalue weighted by Crippen LogP contribution is 2.03. The largest absolute Gasteiger partial charge is 0.377 e. The van der Waals surface area contributed by atoms with Crippen LogP contribution in [0.25, 0.3) is 0 Å². The first kappa shape index (κ1) is 9.16. The van der Waals surface area contributed by atoms with Crippen molar-refractivity contribution in [3.05, 3.63) is 0 Å². The second-order valence-corrected chi connectivity index (χ2v) is 3.08. The lowest BCUT2D eigenvalue weighted by molar-refractivity contribution is -0.121. The molecule has 0 rings (SSSR count). The molecule has 2 N–H and O–H groups in total. The normalized spacial score (nSPS) is 12.8. The van der Waals surface area contributed by atoms with Crippen molar-refractivity contribution < 1.29 is 9.90 Å². The highest BCUT2D eigenvalue weighted by atomic mass is 127. The van der Waals surface area contributed by atoms with E-state index in [0.717, 1.165) is 6.42 Å². The first-order valence-electron chi connectivity index (χ1n) is 2.75. The summed E-state index contributed by atoms with van der Waals surface area (Å²) in [7, 11) is 0. The molecule has 0 aromatic heterocycles. The molecule has 0 radical (unpaired) electrons. The third-order valence-electron chi connectivity index (χ3n) is 0.896. The number of carbonyl (C=O) groups is 1. The Morgan fingerprint density at radius 3 is 2.78 bits per heavy atom. The predicted molar refractivity (Wildman–Crippen MR) is 43.3 cm³/mol. The molecule has 3 nitrogen and oxygen atoms in total. The van der Waals surface area contributed by atoms with E-state index in [-0.39, 0.29) is 16.6 Å². The molecule has 0 fully saturated rings. The van der Waals surface area contributed by atoms with Crippen molar-refractivity contribution >= 4 is 28.5 Å². The van der Waals surface area contributed by atoms with E-state index >= 15 is 0 Å². The summed E-state index contributed by atoms with van der Waals surface area (Å²) in [5, 5.41) is 10.6. The second kappa shape index (κ2) is 4.99. The van der Waals surface area contributed by atoms with E-state index in [1.807, 2.05) is 29.5 Å². The van der Waals surface area contributed by atoms with Crippen LogP contribution in [0.2, 0.25) is 0 Å². The van der Waals surface area contributed by atoms with E-state index in [1.165, 1.54) is 0 Å². The zero-order valence-corrected chi connectivity index (χ0v) is 7.38. The van der Waals surface area contributed by atoms with Crippen LogP contribution in [0.15, 0.2) is 0 Å². The standard InChI is InChI=1S/C5H10INO2/c1-2-4(6)5(9)7-3-8/h4,8H,2-3H2,1H3,(H,7,9). The van der Waals surface area contributed by atoms with Crippen LogP contribution < -0.4 is 5.32 Å². The lowest BCUT2D eigenvalue weighted by atomic mass is 10.3. The third kappa shape index (κ3) is 3.69. The van der Waals surface area contributed by atoms with Gasteiger partial charge in [0.15, 0.2) is 0 Å². The van der Waals surface area contributed by atoms with Crippen LogP contribution >= 0.6 is 22.6 Å². The van der Waals surface area contributed by atoms with Crippen LogP contribution in [-0.4, -0.2) is 21.7 Å². The van der Waals surface area contributed by atoms with E-state index in [0.29, 0.717) is 0 Å². The van der Waals surface area contributed by atoms with Crippen LogP contribution in [-0.2, 0) is 4.79 Å². The fraction of sp³-hybridized carbons (Fsp3) is 0.800. The van der Waals surface area contributed by atoms with Crippen molar-refractivity contribution in [2.45, 2.75) is 17.3 Å². The summed E-state index contributed by atoms with van der Waals surface area (Å²) in [4.78, 5) is 10.7. The van der Waals surface area contributed by atoms with Crippen molar-refractivity contribution in [1.29, 1.82) is 0 Å². The van der Waals surface area contributed by atoms with Gasteiger partial charge in [-0.15, -0.1) is 0 Å². The summed E-state index contributed by atoms with van der Waals surface area (Å²) < 4.78 is -0.0188. The number of hydrogen-bond acceptors (Lipinski definition) is 2. The molecule has 0 heterocycles. The molecule has 9 heavy (non-hydrogen) atoms. The number of nitrogens with one attached hydrogen (secondary N) is 1. The van der Waals surface area contributed by atoms with E-state index in [4.69, 9.17) is 5.11 Å². The van der Waals surface area contributed by atoms with Crippen LogP contribution in [0.5, 0.6) is 0 Å². The summed E-state index contributed by atoms with van der Waals surface area (Å²) in [5.41, 5.74) is 0. The molecule has 1 atom stereocenters. The quantitative estimate of drug-likeness (QED) is 0.424. The predicted octanol–water partition coefficient (Wildman–Crippen LogP) is 0.266. The zero-order valence-electron chi connectivity index (χ0n) is 5.22. The number of carbonyl (C=O) groups excluding carboxylic acids is 1. The average molecular weight is 243 g/mol. The van der Waals surface area contributed by atoms with Crippen LogP contribution in [0, 0.1) is 0 Å². The monoisotopic (exact) mass is 243 g/mol.